The number of rotatable bonds is 6. The molecule has 0 aliphatic carbocycles. The Kier molecular flexibility index (Phi) is 5.96. The van der Waals surface area contributed by atoms with Crippen molar-refractivity contribution in [2.75, 3.05) is 0 Å². The van der Waals surface area contributed by atoms with Gasteiger partial charge in [-0.25, -0.2) is 0 Å². The zero-order valence-corrected chi connectivity index (χ0v) is 13.4. The van der Waals surface area contributed by atoms with E-state index in [9.17, 15) is 9.59 Å². The molecule has 6 nitrogen and oxygen atoms in total. The van der Waals surface area contributed by atoms with Gasteiger partial charge < -0.3 is 11.1 Å². The molecular formula is C14H21ClN4O2. The van der Waals surface area contributed by atoms with E-state index in [4.69, 9.17) is 17.3 Å². The van der Waals surface area contributed by atoms with Gasteiger partial charge in [0.1, 0.15) is 11.2 Å². The van der Waals surface area contributed by atoms with Crippen molar-refractivity contribution in [3.63, 3.8) is 0 Å². The van der Waals surface area contributed by atoms with E-state index in [-0.39, 0.29) is 0 Å². The normalized spacial score (nSPS) is 12.9. The lowest BCUT2D eigenvalue weighted by atomic mass is 10.2. The van der Waals surface area contributed by atoms with Crippen LogP contribution in [0.25, 0.3) is 6.08 Å². The van der Waals surface area contributed by atoms with Gasteiger partial charge in [-0.15, -0.1) is 0 Å². The average Bonchev–Trinajstić information content (AvgIpc) is 2.61. The van der Waals surface area contributed by atoms with Crippen molar-refractivity contribution < 1.29 is 9.59 Å². The number of nitrogens with one attached hydrogen (secondary N) is 1. The lowest BCUT2D eigenvalue weighted by Crippen LogP contribution is -2.41. The molecule has 0 fully saturated rings. The van der Waals surface area contributed by atoms with E-state index >= 15 is 0 Å². The number of nitrogens with two attached hydrogens (primary N) is 1. The van der Waals surface area contributed by atoms with Gasteiger partial charge >= 0.3 is 0 Å². The first-order chi connectivity index (χ1) is 9.72. The molecule has 21 heavy (non-hydrogen) atoms. The predicted molar refractivity (Wildman–Crippen MR) is 82.6 cm³/mol. The van der Waals surface area contributed by atoms with Gasteiger partial charge in [-0.3, -0.25) is 14.3 Å². The van der Waals surface area contributed by atoms with E-state index in [1.807, 2.05) is 6.92 Å². The molecule has 0 radical (unpaired) electrons. The van der Waals surface area contributed by atoms with Crippen molar-refractivity contribution in [2.45, 2.75) is 40.3 Å². The van der Waals surface area contributed by atoms with Crippen molar-refractivity contribution in [2.24, 2.45) is 11.7 Å². The Morgan fingerprint density at radius 3 is 2.57 bits per heavy atom. The fraction of sp³-hybridized carbons (Fsp3) is 0.500. The molecule has 1 atom stereocenters. The first-order valence-corrected chi connectivity index (χ1v) is 7.11. The molecule has 0 aliphatic heterocycles. The summed E-state index contributed by atoms with van der Waals surface area (Å²) in [6.45, 7) is 8.20. The number of aryl methyl sites for hydroxylation is 1. The molecule has 0 aliphatic rings. The SMILES string of the molecule is Cc1nn(CC(C)C)c(Cl)c1/C=C/C(=O)NC(C)C(N)=O. The molecule has 1 rings (SSSR count). The van der Waals surface area contributed by atoms with Crippen LogP contribution in [0.4, 0.5) is 0 Å². The number of hydrogen-bond donors (Lipinski definition) is 2. The quantitative estimate of drug-likeness (QED) is 0.780. The van der Waals surface area contributed by atoms with Gasteiger partial charge in [0.25, 0.3) is 0 Å². The Bertz CT molecular complexity index is 564. The summed E-state index contributed by atoms with van der Waals surface area (Å²) in [6, 6.07) is -0.720. The van der Waals surface area contributed by atoms with Gasteiger partial charge in [-0.1, -0.05) is 25.4 Å². The minimum Gasteiger partial charge on any atom is -0.368 e. The molecule has 1 unspecified atom stereocenters. The van der Waals surface area contributed by atoms with Crippen LogP contribution in [0.3, 0.4) is 0 Å². The van der Waals surface area contributed by atoms with E-state index in [2.05, 4.69) is 24.3 Å². The smallest absolute Gasteiger partial charge is 0.244 e. The molecule has 7 heteroatoms. The molecule has 2 amide bonds. The van der Waals surface area contributed by atoms with E-state index in [1.165, 1.54) is 13.0 Å². The van der Waals surface area contributed by atoms with Crippen LogP contribution in [-0.4, -0.2) is 27.6 Å². The Labute approximate surface area is 129 Å². The highest BCUT2D eigenvalue weighted by Gasteiger charge is 2.13. The topological polar surface area (TPSA) is 90.0 Å². The zero-order valence-electron chi connectivity index (χ0n) is 12.7. The lowest BCUT2D eigenvalue weighted by Gasteiger charge is -2.07. The van der Waals surface area contributed by atoms with Crippen LogP contribution in [0.2, 0.25) is 5.15 Å². The summed E-state index contributed by atoms with van der Waals surface area (Å²) < 4.78 is 1.71. The van der Waals surface area contributed by atoms with E-state index in [0.717, 1.165) is 5.69 Å². The number of halogens is 1. The van der Waals surface area contributed by atoms with Gasteiger partial charge in [-0.2, -0.15) is 5.10 Å². The maximum absolute atomic E-state index is 11.7. The van der Waals surface area contributed by atoms with Gasteiger partial charge in [0.15, 0.2) is 0 Å². The standard InChI is InChI=1S/C14H21ClN4O2/c1-8(2)7-19-13(15)11(9(3)18-19)5-6-12(20)17-10(4)14(16)21/h5-6,8,10H,7H2,1-4H3,(H2,16,21)(H,17,20)/b6-5+. The number of aromatic nitrogens is 2. The second-order valence-electron chi connectivity index (χ2n) is 5.33. The minimum absolute atomic E-state index is 0.409. The number of nitrogens with zero attached hydrogens (tertiary/aromatic N) is 2. The van der Waals surface area contributed by atoms with Crippen LogP contribution >= 0.6 is 11.6 Å². The van der Waals surface area contributed by atoms with Crippen LogP contribution in [0.15, 0.2) is 6.08 Å². The molecule has 116 valence electrons. The second kappa shape index (κ2) is 7.26. The van der Waals surface area contributed by atoms with Gasteiger partial charge in [0.2, 0.25) is 11.8 Å². The summed E-state index contributed by atoms with van der Waals surface area (Å²) in [4.78, 5) is 22.5. The van der Waals surface area contributed by atoms with Crippen LogP contribution in [0, 0.1) is 12.8 Å². The van der Waals surface area contributed by atoms with Gasteiger partial charge in [0.05, 0.1) is 5.69 Å². The summed E-state index contributed by atoms with van der Waals surface area (Å²) in [5, 5.41) is 7.30. The number of primary amides is 1. The Morgan fingerprint density at radius 1 is 1.43 bits per heavy atom. The van der Waals surface area contributed by atoms with E-state index < -0.39 is 17.9 Å². The van der Waals surface area contributed by atoms with Crippen molar-refractivity contribution in [1.29, 1.82) is 0 Å². The lowest BCUT2D eigenvalue weighted by molar-refractivity contribution is -0.124. The zero-order chi connectivity index (χ0) is 16.2. The molecule has 1 heterocycles. The van der Waals surface area contributed by atoms with Crippen molar-refractivity contribution in [3.05, 3.63) is 22.5 Å². The summed E-state index contributed by atoms with van der Waals surface area (Å²) in [5.41, 5.74) is 6.51. The van der Waals surface area contributed by atoms with E-state index in [0.29, 0.717) is 23.2 Å². The number of amides is 2. The summed E-state index contributed by atoms with van der Waals surface area (Å²) >= 11 is 6.26. The largest absolute Gasteiger partial charge is 0.368 e. The minimum atomic E-state index is -0.720. The molecule has 0 bridgehead atoms. The van der Waals surface area contributed by atoms with Gasteiger partial charge in [-0.05, 0) is 25.8 Å². The van der Waals surface area contributed by atoms with Crippen LogP contribution in [-0.2, 0) is 16.1 Å². The molecule has 1 aromatic heterocycles. The first-order valence-electron chi connectivity index (χ1n) is 6.73. The third-order valence-corrected chi connectivity index (χ3v) is 3.23. The van der Waals surface area contributed by atoms with Crippen molar-refractivity contribution in [3.8, 4) is 0 Å². The molecular weight excluding hydrogens is 292 g/mol. The van der Waals surface area contributed by atoms with Crippen LogP contribution < -0.4 is 11.1 Å². The molecule has 1 aromatic rings. The Morgan fingerprint density at radius 2 is 2.05 bits per heavy atom. The highest BCUT2D eigenvalue weighted by Crippen LogP contribution is 2.22. The fourth-order valence-corrected chi connectivity index (χ4v) is 2.02. The van der Waals surface area contributed by atoms with Crippen LogP contribution in [0.5, 0.6) is 0 Å². The predicted octanol–water partition coefficient (Wildman–Crippen LogP) is 1.50. The molecule has 0 saturated heterocycles. The molecule has 0 spiro atoms. The summed E-state index contributed by atoms with van der Waals surface area (Å²) in [5.74, 6) is -0.581. The maximum atomic E-state index is 11.7. The molecule has 0 aromatic carbocycles. The number of carbonyl (C=O) groups is 2. The number of carbonyl (C=O) groups excluding carboxylic acids is 2. The number of hydrogen-bond acceptors (Lipinski definition) is 3. The average molecular weight is 313 g/mol. The Hall–Kier alpha value is -1.82. The van der Waals surface area contributed by atoms with Crippen molar-refractivity contribution >= 4 is 29.5 Å². The third kappa shape index (κ3) is 4.90. The highest BCUT2D eigenvalue weighted by molar-refractivity contribution is 6.31. The van der Waals surface area contributed by atoms with E-state index in [1.54, 1.807) is 10.8 Å². The van der Waals surface area contributed by atoms with Gasteiger partial charge in [0, 0.05) is 18.2 Å². The molecule has 0 saturated carbocycles. The van der Waals surface area contributed by atoms with Crippen LogP contribution in [0.1, 0.15) is 32.0 Å². The summed E-state index contributed by atoms with van der Waals surface area (Å²) in [7, 11) is 0. The fourth-order valence-electron chi connectivity index (χ4n) is 1.72. The second-order valence-corrected chi connectivity index (χ2v) is 5.69. The highest BCUT2D eigenvalue weighted by atomic mass is 35.5. The summed E-state index contributed by atoms with van der Waals surface area (Å²) in [6.07, 6.45) is 2.90. The monoisotopic (exact) mass is 312 g/mol. The maximum Gasteiger partial charge on any atom is 0.244 e. The van der Waals surface area contributed by atoms with Crippen molar-refractivity contribution in [1.82, 2.24) is 15.1 Å². The first kappa shape index (κ1) is 17.2. The Balaban J connectivity index is 2.83. The third-order valence-electron chi connectivity index (χ3n) is 2.83. The molecule has 3 N–H and O–H groups in total.